The van der Waals surface area contributed by atoms with Crippen LogP contribution in [0.1, 0.15) is 6.42 Å². The molecular weight excluding hydrogens is 216 g/mol. The number of hydrogen-bond acceptors (Lipinski definition) is 3. The molecule has 1 fully saturated rings. The Bertz CT molecular complexity index is 279. The number of ether oxygens (including phenoxy) is 1. The van der Waals surface area contributed by atoms with E-state index in [0.717, 1.165) is 13.1 Å². The number of nitrogens with one attached hydrogen (secondary N) is 1. The van der Waals surface area contributed by atoms with E-state index in [1.807, 2.05) is 6.08 Å². The van der Waals surface area contributed by atoms with Crippen LogP contribution >= 0.6 is 11.6 Å². The summed E-state index contributed by atoms with van der Waals surface area (Å²) in [5.74, 6) is -0.658. The molecule has 3 atom stereocenters. The molecule has 84 valence electrons. The molecule has 1 saturated heterocycles. The first-order valence-corrected chi connectivity index (χ1v) is 5.58. The van der Waals surface area contributed by atoms with Gasteiger partial charge in [-0.1, -0.05) is 12.2 Å². The molecule has 0 spiro atoms. The van der Waals surface area contributed by atoms with Crippen LogP contribution in [0.25, 0.3) is 0 Å². The van der Waals surface area contributed by atoms with E-state index >= 15 is 0 Å². The second kappa shape index (κ2) is 4.51. The molecule has 0 bridgehead atoms. The van der Waals surface area contributed by atoms with Crippen molar-refractivity contribution in [2.45, 2.75) is 24.0 Å². The smallest absolute Gasteiger partial charge is 0.222 e. The van der Waals surface area contributed by atoms with Crippen LogP contribution in [0.2, 0.25) is 0 Å². The fraction of sp³-hybridized carbons (Fsp3) is 0.700. The van der Waals surface area contributed by atoms with Gasteiger partial charge in [-0.2, -0.15) is 0 Å². The lowest BCUT2D eigenvalue weighted by atomic mass is 9.91. The average Bonchev–Trinajstić information content (AvgIpc) is 2.13. The zero-order chi connectivity index (χ0) is 10.8. The van der Waals surface area contributed by atoms with Gasteiger partial charge < -0.3 is 15.8 Å². The van der Waals surface area contributed by atoms with Gasteiger partial charge >= 0.3 is 0 Å². The van der Waals surface area contributed by atoms with E-state index in [0.29, 0.717) is 6.42 Å². The maximum Gasteiger partial charge on any atom is 0.222 e. The van der Waals surface area contributed by atoms with E-state index in [9.17, 15) is 4.79 Å². The highest BCUT2D eigenvalue weighted by atomic mass is 35.5. The van der Waals surface area contributed by atoms with Gasteiger partial charge in [-0.15, -0.1) is 11.6 Å². The van der Waals surface area contributed by atoms with Crippen molar-refractivity contribution in [3.63, 3.8) is 0 Å². The van der Waals surface area contributed by atoms with Crippen molar-refractivity contribution < 1.29 is 9.53 Å². The zero-order valence-electron chi connectivity index (χ0n) is 8.36. The number of hydrogen-bond donors (Lipinski definition) is 2. The molecule has 0 radical (unpaired) electrons. The van der Waals surface area contributed by atoms with Crippen LogP contribution in [0.5, 0.6) is 0 Å². The lowest BCUT2D eigenvalue weighted by Gasteiger charge is -2.33. The van der Waals surface area contributed by atoms with E-state index in [2.05, 4.69) is 5.32 Å². The topological polar surface area (TPSA) is 64.4 Å². The Kier molecular flexibility index (Phi) is 3.29. The van der Waals surface area contributed by atoms with E-state index < -0.39 is 0 Å². The van der Waals surface area contributed by atoms with Crippen molar-refractivity contribution in [3.8, 4) is 0 Å². The number of carbonyl (C=O) groups is 1. The fourth-order valence-corrected chi connectivity index (χ4v) is 2.11. The van der Waals surface area contributed by atoms with E-state index in [1.54, 1.807) is 6.08 Å². The van der Waals surface area contributed by atoms with Crippen LogP contribution in [-0.4, -0.2) is 36.6 Å². The van der Waals surface area contributed by atoms with Crippen molar-refractivity contribution >= 4 is 17.5 Å². The van der Waals surface area contributed by atoms with Crippen molar-refractivity contribution in [1.29, 1.82) is 0 Å². The number of allylic oxidation sites excluding steroid dienone is 1. The summed E-state index contributed by atoms with van der Waals surface area (Å²) in [6.07, 6.45) is 4.56. The SMILES string of the molecule is NC(=O)C1CC(OC2CNC2)C=CC1Cl. The maximum atomic E-state index is 11.1. The first-order valence-electron chi connectivity index (χ1n) is 5.14. The number of alkyl halides is 1. The molecule has 3 N–H and O–H groups in total. The van der Waals surface area contributed by atoms with Gasteiger partial charge in [0.25, 0.3) is 0 Å². The minimum absolute atomic E-state index is 0.0235. The standard InChI is InChI=1S/C10H15ClN2O2/c11-9-2-1-6(3-8(9)10(12)14)15-7-4-13-5-7/h1-2,6-9,13H,3-5H2,(H2,12,14). The molecule has 0 saturated carbocycles. The molecule has 2 aliphatic rings. The Morgan fingerprint density at radius 1 is 1.47 bits per heavy atom. The second-order valence-electron chi connectivity index (χ2n) is 4.03. The molecule has 3 unspecified atom stereocenters. The molecule has 5 heteroatoms. The summed E-state index contributed by atoms with van der Waals surface area (Å²) in [6.45, 7) is 1.77. The quantitative estimate of drug-likeness (QED) is 0.531. The van der Waals surface area contributed by atoms with Crippen LogP contribution in [0, 0.1) is 5.92 Å². The van der Waals surface area contributed by atoms with Crippen LogP contribution in [0.3, 0.4) is 0 Å². The Hall–Kier alpha value is -0.580. The first-order chi connectivity index (χ1) is 7.16. The van der Waals surface area contributed by atoms with Gasteiger partial charge in [-0.25, -0.2) is 0 Å². The largest absolute Gasteiger partial charge is 0.369 e. The molecule has 1 aliphatic heterocycles. The summed E-state index contributed by atoms with van der Waals surface area (Å²) in [5, 5.41) is 2.84. The molecule has 0 aromatic carbocycles. The van der Waals surface area contributed by atoms with Crippen molar-refractivity contribution in [2.75, 3.05) is 13.1 Å². The van der Waals surface area contributed by atoms with Crippen molar-refractivity contribution in [1.82, 2.24) is 5.32 Å². The zero-order valence-corrected chi connectivity index (χ0v) is 9.11. The highest BCUT2D eigenvalue weighted by Crippen LogP contribution is 2.26. The minimum atomic E-state index is -0.348. The monoisotopic (exact) mass is 230 g/mol. The molecule has 1 aliphatic carbocycles. The van der Waals surface area contributed by atoms with Crippen molar-refractivity contribution in [3.05, 3.63) is 12.2 Å². The van der Waals surface area contributed by atoms with Crippen molar-refractivity contribution in [2.24, 2.45) is 11.7 Å². The van der Waals surface area contributed by atoms with Gasteiger partial charge in [0, 0.05) is 13.1 Å². The third-order valence-corrected chi connectivity index (χ3v) is 3.31. The average molecular weight is 231 g/mol. The summed E-state index contributed by atoms with van der Waals surface area (Å²) in [5.41, 5.74) is 5.27. The summed E-state index contributed by atoms with van der Waals surface area (Å²) in [7, 11) is 0. The Morgan fingerprint density at radius 2 is 2.20 bits per heavy atom. The molecule has 0 aromatic rings. The normalized spacial score (nSPS) is 36.2. The highest BCUT2D eigenvalue weighted by Gasteiger charge is 2.31. The minimum Gasteiger partial charge on any atom is -0.369 e. The number of primary amides is 1. The Labute approximate surface area is 93.8 Å². The van der Waals surface area contributed by atoms with E-state index in [1.165, 1.54) is 0 Å². The van der Waals surface area contributed by atoms with E-state index in [-0.39, 0.29) is 29.4 Å². The maximum absolute atomic E-state index is 11.1. The molecule has 1 heterocycles. The van der Waals surface area contributed by atoms with Gasteiger partial charge in [0.2, 0.25) is 5.91 Å². The number of carbonyl (C=O) groups excluding carboxylic acids is 1. The van der Waals surface area contributed by atoms with Gasteiger partial charge in [-0.3, -0.25) is 4.79 Å². The Balaban J connectivity index is 1.91. The van der Waals surface area contributed by atoms with Crippen LogP contribution in [0.15, 0.2) is 12.2 Å². The predicted octanol–water partition coefficient (Wildman–Crippen LogP) is 0.0122. The molecule has 0 aromatic heterocycles. The number of nitrogens with two attached hydrogens (primary N) is 1. The third-order valence-electron chi connectivity index (χ3n) is 2.86. The van der Waals surface area contributed by atoms with Crippen LogP contribution in [-0.2, 0) is 9.53 Å². The van der Waals surface area contributed by atoms with Gasteiger partial charge in [0.05, 0.1) is 23.5 Å². The number of rotatable bonds is 3. The predicted molar refractivity (Wildman–Crippen MR) is 57.6 cm³/mol. The Morgan fingerprint density at radius 3 is 2.73 bits per heavy atom. The van der Waals surface area contributed by atoms with E-state index in [4.69, 9.17) is 22.1 Å². The third kappa shape index (κ3) is 2.51. The molecular formula is C10H15ClN2O2. The molecule has 2 rings (SSSR count). The number of amides is 1. The lowest BCUT2D eigenvalue weighted by molar-refractivity contribution is -0.123. The first kappa shape index (κ1) is 10.9. The van der Waals surface area contributed by atoms with Gasteiger partial charge in [0.15, 0.2) is 0 Å². The lowest BCUT2D eigenvalue weighted by Crippen LogP contribution is -2.50. The van der Waals surface area contributed by atoms with Gasteiger partial charge in [-0.05, 0) is 6.42 Å². The number of halogens is 1. The summed E-state index contributed by atoms with van der Waals surface area (Å²) < 4.78 is 5.74. The molecule has 4 nitrogen and oxygen atoms in total. The second-order valence-corrected chi connectivity index (χ2v) is 4.53. The van der Waals surface area contributed by atoms with Gasteiger partial charge in [0.1, 0.15) is 0 Å². The van der Waals surface area contributed by atoms with Crippen LogP contribution in [0.4, 0.5) is 0 Å². The fourth-order valence-electron chi connectivity index (χ4n) is 1.80. The highest BCUT2D eigenvalue weighted by molar-refractivity contribution is 6.23. The summed E-state index contributed by atoms with van der Waals surface area (Å²) in [6, 6.07) is 0. The van der Waals surface area contributed by atoms with Crippen LogP contribution < -0.4 is 11.1 Å². The molecule has 15 heavy (non-hydrogen) atoms. The molecule has 1 amide bonds. The summed E-state index contributed by atoms with van der Waals surface area (Å²) in [4.78, 5) is 11.1. The summed E-state index contributed by atoms with van der Waals surface area (Å²) >= 11 is 5.97.